The summed E-state index contributed by atoms with van der Waals surface area (Å²) >= 11 is 0. The first-order valence-corrected chi connectivity index (χ1v) is 12.2. The summed E-state index contributed by atoms with van der Waals surface area (Å²) in [6.45, 7) is 3.74. The monoisotopic (exact) mass is 506 g/mol. The topological polar surface area (TPSA) is 9.23 Å². The third kappa shape index (κ3) is 4.97. The minimum atomic E-state index is -3.44. The van der Waals surface area contributed by atoms with Gasteiger partial charge in [0, 0.05) is 17.5 Å². The summed E-state index contributed by atoms with van der Waals surface area (Å²) in [4.78, 5) is 0. The summed E-state index contributed by atoms with van der Waals surface area (Å²) in [7, 11) is 0. The van der Waals surface area contributed by atoms with E-state index < -0.39 is 53.0 Å². The van der Waals surface area contributed by atoms with Crippen molar-refractivity contribution in [3.63, 3.8) is 0 Å². The van der Waals surface area contributed by atoms with Gasteiger partial charge in [0.25, 0.3) is 5.92 Å². The molecule has 3 aromatic rings. The Labute approximate surface area is 207 Å². The molecule has 0 radical (unpaired) electrons. The van der Waals surface area contributed by atoms with Crippen LogP contribution in [-0.4, -0.2) is 12.5 Å². The lowest BCUT2D eigenvalue weighted by Crippen LogP contribution is -2.34. The number of hydrogen-bond donors (Lipinski definition) is 0. The van der Waals surface area contributed by atoms with Crippen LogP contribution in [0.5, 0.6) is 5.75 Å². The van der Waals surface area contributed by atoms with Gasteiger partial charge >= 0.3 is 0 Å². The van der Waals surface area contributed by atoms with E-state index in [9.17, 15) is 8.78 Å². The summed E-state index contributed by atoms with van der Waals surface area (Å²) < 4.78 is 94.4. The molecule has 3 aromatic carbocycles. The number of ether oxygens (including phenoxy) is 1. The largest absolute Gasteiger partial charge is 0.491 e. The minimum Gasteiger partial charge on any atom is -0.491 e. The molecule has 7 heteroatoms. The minimum absolute atomic E-state index is 0.0617. The van der Waals surface area contributed by atoms with Crippen LogP contribution in [0.1, 0.15) is 68.1 Å². The molecule has 0 spiro atoms. The quantitative estimate of drug-likeness (QED) is 0.291. The molecule has 1 aliphatic rings. The molecule has 0 heterocycles. The Balaban J connectivity index is 1.57. The van der Waals surface area contributed by atoms with Crippen LogP contribution in [0, 0.1) is 23.3 Å². The van der Waals surface area contributed by atoms with Crippen molar-refractivity contribution in [1.29, 1.82) is 0 Å². The Morgan fingerprint density at radius 1 is 0.778 bits per heavy atom. The molecule has 1 nitrogen and oxygen atoms in total. The van der Waals surface area contributed by atoms with Crippen LogP contribution in [-0.2, 0) is 6.42 Å². The number of hydrogen-bond acceptors (Lipinski definition) is 1. The fraction of sp³-hybridized carbons (Fsp3) is 0.379. The third-order valence-electron chi connectivity index (χ3n) is 6.94. The van der Waals surface area contributed by atoms with Crippen molar-refractivity contribution in [3.8, 4) is 16.9 Å². The lowest BCUT2D eigenvalue weighted by molar-refractivity contribution is -0.0628. The Hall–Kier alpha value is -2.96. The third-order valence-corrected chi connectivity index (χ3v) is 6.94. The first-order valence-electron chi connectivity index (χ1n) is 12.2. The molecular weight excluding hydrogens is 478 g/mol. The van der Waals surface area contributed by atoms with E-state index in [1.165, 1.54) is 12.1 Å². The Kier molecular flexibility index (Phi) is 7.67. The molecular formula is C29H28F6O. The SMILES string of the molecule is CCCc1ccc(-c2ccc(C3CCC(c4ccc(OCC)c(F)c4F)C(F)(F)C3)c(F)c2F)cc1. The van der Waals surface area contributed by atoms with E-state index in [2.05, 4.69) is 0 Å². The highest BCUT2D eigenvalue weighted by Crippen LogP contribution is 2.51. The van der Waals surface area contributed by atoms with Gasteiger partial charge < -0.3 is 4.74 Å². The predicted octanol–water partition coefficient (Wildman–Crippen LogP) is 8.95. The maximum absolute atomic E-state index is 15.2. The molecule has 1 aliphatic carbocycles. The second-order valence-electron chi connectivity index (χ2n) is 9.28. The van der Waals surface area contributed by atoms with E-state index in [4.69, 9.17) is 4.74 Å². The van der Waals surface area contributed by atoms with Crippen LogP contribution in [0.3, 0.4) is 0 Å². The second-order valence-corrected chi connectivity index (χ2v) is 9.28. The molecule has 0 N–H and O–H groups in total. The van der Waals surface area contributed by atoms with Crippen LogP contribution in [0.15, 0.2) is 48.5 Å². The Morgan fingerprint density at radius 2 is 1.44 bits per heavy atom. The van der Waals surface area contributed by atoms with Crippen LogP contribution >= 0.6 is 0 Å². The van der Waals surface area contributed by atoms with Crippen molar-refractivity contribution in [3.05, 3.63) is 88.5 Å². The van der Waals surface area contributed by atoms with Gasteiger partial charge in [-0.25, -0.2) is 22.0 Å². The summed E-state index contributed by atoms with van der Waals surface area (Å²) in [6, 6.07) is 12.2. The van der Waals surface area contributed by atoms with Crippen molar-refractivity contribution in [2.45, 2.75) is 63.7 Å². The van der Waals surface area contributed by atoms with E-state index in [-0.39, 0.29) is 36.3 Å². The van der Waals surface area contributed by atoms with E-state index in [1.54, 1.807) is 19.1 Å². The lowest BCUT2D eigenvalue weighted by Gasteiger charge is -2.37. The summed E-state index contributed by atoms with van der Waals surface area (Å²) in [5.41, 5.74) is 1.08. The summed E-state index contributed by atoms with van der Waals surface area (Å²) in [6.07, 6.45) is 0.914. The van der Waals surface area contributed by atoms with Crippen LogP contribution < -0.4 is 4.74 Å². The molecule has 2 unspecified atom stereocenters. The summed E-state index contributed by atoms with van der Waals surface area (Å²) in [5, 5.41) is 0. The molecule has 0 aromatic heterocycles. The summed E-state index contributed by atoms with van der Waals surface area (Å²) in [5.74, 6) is -11.2. The van der Waals surface area contributed by atoms with E-state index in [0.29, 0.717) is 5.56 Å². The van der Waals surface area contributed by atoms with E-state index in [1.807, 2.05) is 19.1 Å². The number of aryl methyl sites for hydroxylation is 1. The van der Waals surface area contributed by atoms with Crippen molar-refractivity contribution in [2.24, 2.45) is 0 Å². The van der Waals surface area contributed by atoms with Gasteiger partial charge in [0.05, 0.1) is 12.5 Å². The van der Waals surface area contributed by atoms with Crippen LogP contribution in [0.2, 0.25) is 0 Å². The van der Waals surface area contributed by atoms with Gasteiger partial charge in [0.2, 0.25) is 5.82 Å². The fourth-order valence-electron chi connectivity index (χ4n) is 5.13. The van der Waals surface area contributed by atoms with Crippen LogP contribution in [0.4, 0.5) is 26.3 Å². The molecule has 0 saturated heterocycles. The maximum atomic E-state index is 15.2. The maximum Gasteiger partial charge on any atom is 0.255 e. The van der Waals surface area contributed by atoms with E-state index >= 15 is 17.6 Å². The zero-order valence-electron chi connectivity index (χ0n) is 20.2. The Morgan fingerprint density at radius 3 is 2.08 bits per heavy atom. The van der Waals surface area contributed by atoms with Gasteiger partial charge in [0.15, 0.2) is 23.2 Å². The van der Waals surface area contributed by atoms with E-state index in [0.717, 1.165) is 30.5 Å². The molecule has 0 bridgehead atoms. The first kappa shape index (κ1) is 26.1. The first-order chi connectivity index (χ1) is 17.2. The smallest absolute Gasteiger partial charge is 0.255 e. The standard InChI is InChI=1S/C29H28F6O/c1-3-5-17-6-8-18(9-7-17)20-11-12-21(26(31)25(20)30)19-10-14-23(29(34,35)16-19)22-13-15-24(36-4-2)28(33)27(22)32/h6-9,11-13,15,19,23H,3-5,10,14,16H2,1-2H3. The van der Waals surface area contributed by atoms with Crippen molar-refractivity contribution in [1.82, 2.24) is 0 Å². The molecule has 4 rings (SSSR count). The van der Waals surface area contributed by atoms with Crippen molar-refractivity contribution >= 4 is 0 Å². The number of alkyl halides is 2. The zero-order chi connectivity index (χ0) is 26.0. The average Bonchev–Trinajstić information content (AvgIpc) is 2.85. The van der Waals surface area contributed by atoms with Crippen molar-refractivity contribution < 1.29 is 31.1 Å². The molecule has 192 valence electrons. The lowest BCUT2D eigenvalue weighted by atomic mass is 9.73. The second kappa shape index (κ2) is 10.6. The normalized spacial score (nSPS) is 19.3. The number of benzene rings is 3. The van der Waals surface area contributed by atoms with Gasteiger partial charge in [-0.2, -0.15) is 4.39 Å². The van der Waals surface area contributed by atoms with Gasteiger partial charge in [-0.15, -0.1) is 0 Å². The highest BCUT2D eigenvalue weighted by molar-refractivity contribution is 5.65. The van der Waals surface area contributed by atoms with Gasteiger partial charge in [-0.05, 0) is 54.9 Å². The molecule has 1 saturated carbocycles. The van der Waals surface area contributed by atoms with Gasteiger partial charge in [-0.3, -0.25) is 0 Å². The van der Waals surface area contributed by atoms with Gasteiger partial charge in [-0.1, -0.05) is 55.8 Å². The Bertz CT molecular complexity index is 1220. The van der Waals surface area contributed by atoms with Crippen LogP contribution in [0.25, 0.3) is 11.1 Å². The highest BCUT2D eigenvalue weighted by Gasteiger charge is 2.48. The number of halogens is 6. The zero-order valence-corrected chi connectivity index (χ0v) is 20.2. The predicted molar refractivity (Wildman–Crippen MR) is 128 cm³/mol. The molecule has 2 atom stereocenters. The average molecular weight is 507 g/mol. The molecule has 1 fully saturated rings. The molecule has 36 heavy (non-hydrogen) atoms. The van der Waals surface area contributed by atoms with Gasteiger partial charge in [0.1, 0.15) is 0 Å². The van der Waals surface area contributed by atoms with Crippen molar-refractivity contribution in [2.75, 3.05) is 6.61 Å². The fourth-order valence-corrected chi connectivity index (χ4v) is 5.13. The number of rotatable bonds is 7. The molecule has 0 amide bonds. The highest BCUT2D eigenvalue weighted by atomic mass is 19.3. The molecule has 0 aliphatic heterocycles.